The summed E-state index contributed by atoms with van der Waals surface area (Å²) in [5.74, 6) is 0.405. The average Bonchev–Trinajstić information content (AvgIpc) is 2.85. The van der Waals surface area contributed by atoms with Crippen LogP contribution in [0.2, 0.25) is 0 Å². The van der Waals surface area contributed by atoms with Gasteiger partial charge in [0.25, 0.3) is 10.0 Å². The van der Waals surface area contributed by atoms with Crippen LogP contribution in [-0.2, 0) is 10.0 Å². The summed E-state index contributed by atoms with van der Waals surface area (Å²) in [7, 11) is -1.36. The second-order valence-electron chi connectivity index (χ2n) is 4.19. The second-order valence-corrected chi connectivity index (χ2v) is 5.93. The Bertz CT molecular complexity index is 428. The fraction of sp³-hybridized carbons (Fsp3) is 0.667. The molecule has 1 atom stereocenters. The van der Waals surface area contributed by atoms with E-state index in [1.165, 1.54) is 12.3 Å². The molecule has 2 rings (SSSR count). The second kappa shape index (κ2) is 4.52. The Morgan fingerprint density at radius 3 is 3.06 bits per heavy atom. The number of hydrogen-bond acceptors (Lipinski definition) is 4. The van der Waals surface area contributed by atoms with E-state index in [0.29, 0.717) is 12.5 Å². The average molecular weight is 244 g/mol. The summed E-state index contributed by atoms with van der Waals surface area (Å²) in [4.78, 5) is 2.20. The van der Waals surface area contributed by atoms with E-state index in [1.54, 1.807) is 0 Å². The molecule has 1 fully saturated rings. The summed E-state index contributed by atoms with van der Waals surface area (Å²) in [5, 5.41) is 6.20. The first-order valence-corrected chi connectivity index (χ1v) is 6.74. The summed E-state index contributed by atoms with van der Waals surface area (Å²) in [6.45, 7) is 2.48. The van der Waals surface area contributed by atoms with Crippen LogP contribution >= 0.6 is 0 Å². The summed E-state index contributed by atoms with van der Waals surface area (Å²) < 4.78 is 26.1. The van der Waals surface area contributed by atoms with E-state index in [4.69, 9.17) is 0 Å². The minimum Gasteiger partial charge on any atom is -0.306 e. The van der Waals surface area contributed by atoms with Crippen LogP contribution in [0.4, 0.5) is 0 Å². The predicted octanol–water partition coefficient (Wildman–Crippen LogP) is -0.360. The molecule has 2 heterocycles. The summed E-state index contributed by atoms with van der Waals surface area (Å²) in [6, 6.07) is 1.45. The first-order valence-electron chi connectivity index (χ1n) is 5.25. The highest BCUT2D eigenvalue weighted by atomic mass is 32.2. The highest BCUT2D eigenvalue weighted by molar-refractivity contribution is 7.89. The number of nitrogens with zero attached hydrogens (tertiary/aromatic N) is 2. The van der Waals surface area contributed by atoms with Crippen molar-refractivity contribution in [3.05, 3.63) is 12.3 Å². The lowest BCUT2D eigenvalue weighted by Gasteiger charge is -2.11. The number of hydrogen-bond donors (Lipinski definition) is 2. The van der Waals surface area contributed by atoms with Crippen molar-refractivity contribution in [3.63, 3.8) is 0 Å². The van der Waals surface area contributed by atoms with Gasteiger partial charge in [-0.05, 0) is 32.0 Å². The Morgan fingerprint density at radius 2 is 2.50 bits per heavy atom. The summed E-state index contributed by atoms with van der Waals surface area (Å²) in [5.41, 5.74) is 0. The third-order valence-corrected chi connectivity index (χ3v) is 4.17. The van der Waals surface area contributed by atoms with E-state index in [2.05, 4.69) is 19.8 Å². The van der Waals surface area contributed by atoms with E-state index in [0.717, 1.165) is 19.5 Å². The van der Waals surface area contributed by atoms with Crippen molar-refractivity contribution in [2.75, 3.05) is 26.7 Å². The minimum atomic E-state index is -3.41. The molecule has 0 amide bonds. The van der Waals surface area contributed by atoms with Crippen LogP contribution in [0.5, 0.6) is 0 Å². The first kappa shape index (κ1) is 11.6. The normalized spacial score (nSPS) is 22.7. The number of likely N-dealkylation sites (tertiary alicyclic amines) is 1. The first-order chi connectivity index (χ1) is 7.58. The van der Waals surface area contributed by atoms with Gasteiger partial charge in [-0.25, -0.2) is 13.1 Å². The van der Waals surface area contributed by atoms with Gasteiger partial charge in [-0.2, -0.15) is 5.10 Å². The molecule has 2 N–H and O–H groups in total. The van der Waals surface area contributed by atoms with Gasteiger partial charge in [-0.1, -0.05) is 0 Å². The van der Waals surface area contributed by atoms with Crippen LogP contribution in [0.15, 0.2) is 17.3 Å². The Balaban J connectivity index is 1.91. The zero-order valence-corrected chi connectivity index (χ0v) is 10.00. The number of H-pyrrole nitrogens is 1. The molecule has 7 heteroatoms. The highest BCUT2D eigenvalue weighted by Gasteiger charge is 2.22. The SMILES string of the molecule is CN1CCC(CNS(=O)(=O)c2ccn[nH]2)C1. The van der Waals surface area contributed by atoms with Gasteiger partial charge < -0.3 is 4.90 Å². The van der Waals surface area contributed by atoms with Crippen molar-refractivity contribution in [3.8, 4) is 0 Å². The molecule has 1 aromatic rings. The minimum absolute atomic E-state index is 0.124. The zero-order valence-electron chi connectivity index (χ0n) is 9.18. The van der Waals surface area contributed by atoms with E-state index in [9.17, 15) is 8.42 Å². The molecule has 0 radical (unpaired) electrons. The molecule has 1 unspecified atom stereocenters. The van der Waals surface area contributed by atoms with Gasteiger partial charge in [-0.15, -0.1) is 0 Å². The van der Waals surface area contributed by atoms with Crippen LogP contribution in [0.25, 0.3) is 0 Å². The van der Waals surface area contributed by atoms with Crippen LogP contribution in [0, 0.1) is 5.92 Å². The van der Waals surface area contributed by atoms with Crippen molar-refractivity contribution in [1.82, 2.24) is 19.8 Å². The molecular formula is C9H16N4O2S. The molecule has 0 aliphatic carbocycles. The lowest BCUT2D eigenvalue weighted by Crippen LogP contribution is -2.30. The molecular weight excluding hydrogens is 228 g/mol. The standard InChI is InChI=1S/C9H16N4O2S/c1-13-5-3-8(7-13)6-11-16(14,15)9-2-4-10-12-9/h2,4,8,11H,3,5-7H2,1H3,(H,10,12). The van der Waals surface area contributed by atoms with E-state index in [1.807, 2.05) is 7.05 Å². The van der Waals surface area contributed by atoms with Crippen LogP contribution in [0.1, 0.15) is 6.42 Å². The Morgan fingerprint density at radius 1 is 1.69 bits per heavy atom. The van der Waals surface area contributed by atoms with Gasteiger partial charge in [0.2, 0.25) is 0 Å². The lowest BCUT2D eigenvalue weighted by molar-refractivity contribution is 0.394. The Kier molecular flexibility index (Phi) is 3.27. The monoisotopic (exact) mass is 244 g/mol. The molecule has 1 aliphatic heterocycles. The maximum Gasteiger partial charge on any atom is 0.257 e. The number of nitrogens with one attached hydrogen (secondary N) is 2. The summed E-state index contributed by atoms with van der Waals surface area (Å²) >= 11 is 0. The lowest BCUT2D eigenvalue weighted by atomic mass is 10.1. The predicted molar refractivity (Wildman–Crippen MR) is 59.4 cm³/mol. The number of sulfonamides is 1. The van der Waals surface area contributed by atoms with E-state index in [-0.39, 0.29) is 5.03 Å². The van der Waals surface area contributed by atoms with Crippen molar-refractivity contribution < 1.29 is 8.42 Å². The molecule has 0 bridgehead atoms. The van der Waals surface area contributed by atoms with Crippen molar-refractivity contribution >= 4 is 10.0 Å². The molecule has 1 saturated heterocycles. The Labute approximate surface area is 95.1 Å². The van der Waals surface area contributed by atoms with Gasteiger partial charge in [-0.3, -0.25) is 5.10 Å². The molecule has 0 saturated carbocycles. The molecule has 16 heavy (non-hydrogen) atoms. The van der Waals surface area contributed by atoms with Crippen molar-refractivity contribution in [2.45, 2.75) is 11.4 Å². The molecule has 6 nitrogen and oxygen atoms in total. The molecule has 0 aromatic carbocycles. The topological polar surface area (TPSA) is 78.1 Å². The maximum atomic E-state index is 11.7. The van der Waals surface area contributed by atoms with Crippen LogP contribution < -0.4 is 4.72 Å². The van der Waals surface area contributed by atoms with Crippen molar-refractivity contribution in [2.24, 2.45) is 5.92 Å². The van der Waals surface area contributed by atoms with Gasteiger partial charge in [0, 0.05) is 13.1 Å². The fourth-order valence-corrected chi connectivity index (χ4v) is 2.91. The van der Waals surface area contributed by atoms with E-state index < -0.39 is 10.0 Å². The van der Waals surface area contributed by atoms with Gasteiger partial charge >= 0.3 is 0 Å². The zero-order chi connectivity index (χ0) is 11.6. The van der Waals surface area contributed by atoms with Gasteiger partial charge in [0.05, 0.1) is 6.20 Å². The number of aromatic nitrogens is 2. The van der Waals surface area contributed by atoms with Gasteiger partial charge in [0.1, 0.15) is 0 Å². The molecule has 1 aromatic heterocycles. The fourth-order valence-electron chi connectivity index (χ4n) is 1.89. The smallest absolute Gasteiger partial charge is 0.257 e. The largest absolute Gasteiger partial charge is 0.306 e. The van der Waals surface area contributed by atoms with Gasteiger partial charge in [0.15, 0.2) is 5.03 Å². The third kappa shape index (κ3) is 2.60. The quantitative estimate of drug-likeness (QED) is 0.758. The van der Waals surface area contributed by atoms with Crippen molar-refractivity contribution in [1.29, 1.82) is 0 Å². The van der Waals surface area contributed by atoms with Crippen LogP contribution in [0.3, 0.4) is 0 Å². The molecule has 1 aliphatic rings. The highest BCUT2D eigenvalue weighted by Crippen LogP contribution is 2.14. The third-order valence-electron chi connectivity index (χ3n) is 2.82. The maximum absolute atomic E-state index is 11.7. The van der Waals surface area contributed by atoms with Crippen LogP contribution in [-0.4, -0.2) is 50.2 Å². The molecule has 0 spiro atoms. The molecule has 90 valence electrons. The Hall–Kier alpha value is -0.920. The summed E-state index contributed by atoms with van der Waals surface area (Å²) in [6.07, 6.45) is 2.47. The number of rotatable bonds is 4. The number of aromatic amines is 1. The van der Waals surface area contributed by atoms with E-state index >= 15 is 0 Å².